The first kappa shape index (κ1) is 15.3. The SMILES string of the molecule is CCNC(=O)C(=O)N1CCn2cccc2C1c1ccc(C)cc1. The third-order valence-electron chi connectivity index (χ3n) is 4.22. The molecule has 3 rings (SSSR count). The minimum atomic E-state index is -0.537. The lowest BCUT2D eigenvalue weighted by atomic mass is 9.98. The molecule has 0 radical (unpaired) electrons. The summed E-state index contributed by atoms with van der Waals surface area (Å²) in [7, 11) is 0. The Kier molecular flexibility index (Phi) is 4.19. The minimum Gasteiger partial charge on any atom is -0.348 e. The quantitative estimate of drug-likeness (QED) is 0.861. The second-order valence-corrected chi connectivity index (χ2v) is 5.80. The molecule has 2 aromatic rings. The standard InChI is InChI=1S/C18H21N3O2/c1-3-19-17(22)18(23)21-12-11-20-10-4-5-15(20)16(21)14-8-6-13(2)7-9-14/h4-10,16H,3,11-12H2,1-2H3,(H,19,22). The number of hydrogen-bond donors (Lipinski definition) is 1. The molecule has 1 aliphatic rings. The number of aryl methyl sites for hydroxylation is 1. The molecule has 2 heterocycles. The lowest BCUT2D eigenvalue weighted by Crippen LogP contribution is -2.48. The Bertz CT molecular complexity index is 718. The Morgan fingerprint density at radius 1 is 1.17 bits per heavy atom. The molecule has 0 aliphatic carbocycles. The first-order chi connectivity index (χ1) is 11.1. The van der Waals surface area contributed by atoms with E-state index in [0.717, 1.165) is 11.3 Å². The van der Waals surface area contributed by atoms with Gasteiger partial charge in [0.1, 0.15) is 0 Å². The molecule has 1 unspecified atom stereocenters. The molecule has 1 aromatic heterocycles. The van der Waals surface area contributed by atoms with E-state index < -0.39 is 11.8 Å². The maximum Gasteiger partial charge on any atom is 0.312 e. The molecule has 23 heavy (non-hydrogen) atoms. The summed E-state index contributed by atoms with van der Waals surface area (Å²) < 4.78 is 2.14. The van der Waals surface area contributed by atoms with Crippen molar-refractivity contribution in [3.63, 3.8) is 0 Å². The topological polar surface area (TPSA) is 54.3 Å². The predicted molar refractivity (Wildman–Crippen MR) is 87.9 cm³/mol. The molecular weight excluding hydrogens is 290 g/mol. The van der Waals surface area contributed by atoms with E-state index in [2.05, 4.69) is 9.88 Å². The number of benzene rings is 1. The van der Waals surface area contributed by atoms with Gasteiger partial charge in [0.05, 0.1) is 6.04 Å². The van der Waals surface area contributed by atoms with Crippen molar-refractivity contribution in [3.8, 4) is 0 Å². The number of carbonyl (C=O) groups is 2. The number of rotatable bonds is 2. The van der Waals surface area contributed by atoms with Crippen molar-refractivity contribution in [3.05, 3.63) is 59.4 Å². The molecule has 5 nitrogen and oxygen atoms in total. The molecule has 1 aliphatic heterocycles. The zero-order chi connectivity index (χ0) is 16.4. The van der Waals surface area contributed by atoms with Crippen LogP contribution in [0.5, 0.6) is 0 Å². The van der Waals surface area contributed by atoms with Crippen LogP contribution >= 0.6 is 0 Å². The zero-order valence-corrected chi connectivity index (χ0v) is 13.5. The van der Waals surface area contributed by atoms with Crippen molar-refractivity contribution in [1.82, 2.24) is 14.8 Å². The first-order valence-electron chi connectivity index (χ1n) is 7.92. The van der Waals surface area contributed by atoms with Crippen molar-refractivity contribution < 1.29 is 9.59 Å². The molecule has 120 valence electrons. The van der Waals surface area contributed by atoms with E-state index in [0.29, 0.717) is 19.6 Å². The van der Waals surface area contributed by atoms with Crippen molar-refractivity contribution in [2.75, 3.05) is 13.1 Å². The van der Waals surface area contributed by atoms with Gasteiger partial charge in [-0.05, 0) is 31.5 Å². The number of fused-ring (bicyclic) bond motifs is 1. The van der Waals surface area contributed by atoms with Crippen LogP contribution in [0.1, 0.15) is 29.8 Å². The highest BCUT2D eigenvalue weighted by atomic mass is 16.2. The summed E-state index contributed by atoms with van der Waals surface area (Å²) in [4.78, 5) is 26.3. The molecule has 1 atom stereocenters. The summed E-state index contributed by atoms with van der Waals surface area (Å²) in [6.45, 7) is 5.52. The van der Waals surface area contributed by atoms with Crippen LogP contribution in [0.2, 0.25) is 0 Å². The number of nitrogens with zero attached hydrogens (tertiary/aromatic N) is 2. The normalized spacial score (nSPS) is 16.8. The number of nitrogens with one attached hydrogen (secondary N) is 1. The van der Waals surface area contributed by atoms with E-state index in [9.17, 15) is 9.59 Å². The van der Waals surface area contributed by atoms with Crippen LogP contribution < -0.4 is 5.32 Å². The van der Waals surface area contributed by atoms with Gasteiger partial charge in [-0.3, -0.25) is 9.59 Å². The maximum atomic E-state index is 12.6. The van der Waals surface area contributed by atoms with Crippen molar-refractivity contribution in [2.45, 2.75) is 26.4 Å². The summed E-state index contributed by atoms with van der Waals surface area (Å²) in [5.74, 6) is -1.01. The molecule has 1 aromatic carbocycles. The summed E-state index contributed by atoms with van der Waals surface area (Å²) in [5.41, 5.74) is 3.23. The van der Waals surface area contributed by atoms with Gasteiger partial charge in [0.25, 0.3) is 0 Å². The van der Waals surface area contributed by atoms with Crippen LogP contribution in [0.15, 0.2) is 42.6 Å². The van der Waals surface area contributed by atoms with Crippen LogP contribution in [0.4, 0.5) is 0 Å². The highest BCUT2D eigenvalue weighted by molar-refractivity contribution is 6.35. The Hall–Kier alpha value is -2.56. The molecule has 0 saturated heterocycles. The second-order valence-electron chi connectivity index (χ2n) is 5.80. The van der Waals surface area contributed by atoms with Crippen molar-refractivity contribution in [2.24, 2.45) is 0 Å². The van der Waals surface area contributed by atoms with Crippen molar-refractivity contribution >= 4 is 11.8 Å². The highest BCUT2D eigenvalue weighted by Gasteiger charge is 2.34. The first-order valence-corrected chi connectivity index (χ1v) is 7.92. The lowest BCUT2D eigenvalue weighted by molar-refractivity contribution is -0.147. The fourth-order valence-corrected chi connectivity index (χ4v) is 3.07. The number of aromatic nitrogens is 1. The van der Waals surface area contributed by atoms with E-state index in [1.165, 1.54) is 5.56 Å². The van der Waals surface area contributed by atoms with Gasteiger partial charge >= 0.3 is 11.8 Å². The largest absolute Gasteiger partial charge is 0.348 e. The molecular formula is C18H21N3O2. The number of carbonyl (C=O) groups excluding carboxylic acids is 2. The zero-order valence-electron chi connectivity index (χ0n) is 13.5. The van der Waals surface area contributed by atoms with E-state index in [4.69, 9.17) is 0 Å². The van der Waals surface area contributed by atoms with Crippen molar-refractivity contribution in [1.29, 1.82) is 0 Å². The van der Waals surface area contributed by atoms with Gasteiger partial charge in [0, 0.05) is 31.5 Å². The highest BCUT2D eigenvalue weighted by Crippen LogP contribution is 2.32. The molecule has 0 spiro atoms. The Balaban J connectivity index is 2.00. The smallest absolute Gasteiger partial charge is 0.312 e. The number of likely N-dealkylation sites (N-methyl/N-ethyl adjacent to an activating group) is 1. The van der Waals surface area contributed by atoms with Gasteiger partial charge < -0.3 is 14.8 Å². The summed E-state index contributed by atoms with van der Waals surface area (Å²) in [5, 5.41) is 2.60. The van der Waals surface area contributed by atoms with Gasteiger partial charge in [-0.25, -0.2) is 0 Å². The predicted octanol–water partition coefficient (Wildman–Crippen LogP) is 1.86. The van der Waals surface area contributed by atoms with Crippen LogP contribution in [0, 0.1) is 6.92 Å². The molecule has 1 N–H and O–H groups in total. The Morgan fingerprint density at radius 3 is 2.61 bits per heavy atom. The molecule has 0 saturated carbocycles. The summed E-state index contributed by atoms with van der Waals surface area (Å²) in [6, 6.07) is 11.9. The van der Waals surface area contributed by atoms with Gasteiger partial charge in [-0.15, -0.1) is 0 Å². The van der Waals surface area contributed by atoms with E-state index >= 15 is 0 Å². The second kappa shape index (κ2) is 6.28. The summed E-state index contributed by atoms with van der Waals surface area (Å²) in [6.07, 6.45) is 2.02. The van der Waals surface area contributed by atoms with Gasteiger partial charge in [-0.1, -0.05) is 29.8 Å². The van der Waals surface area contributed by atoms with Crippen LogP contribution in [-0.2, 0) is 16.1 Å². The fourth-order valence-electron chi connectivity index (χ4n) is 3.07. The molecule has 0 fully saturated rings. The third kappa shape index (κ3) is 2.86. The lowest BCUT2D eigenvalue weighted by Gasteiger charge is -2.37. The Morgan fingerprint density at radius 2 is 1.91 bits per heavy atom. The van der Waals surface area contributed by atoms with Gasteiger partial charge in [0.2, 0.25) is 0 Å². The Labute approximate surface area is 135 Å². The van der Waals surface area contributed by atoms with E-state index in [1.54, 1.807) is 4.90 Å². The number of hydrogen-bond acceptors (Lipinski definition) is 2. The molecule has 0 bridgehead atoms. The average molecular weight is 311 g/mol. The van der Waals surface area contributed by atoms with E-state index in [-0.39, 0.29) is 6.04 Å². The van der Waals surface area contributed by atoms with Gasteiger partial charge in [-0.2, -0.15) is 0 Å². The molecule has 5 heteroatoms. The maximum absolute atomic E-state index is 12.6. The van der Waals surface area contributed by atoms with Crippen LogP contribution in [0.3, 0.4) is 0 Å². The number of amides is 2. The molecule has 2 amide bonds. The monoisotopic (exact) mass is 311 g/mol. The minimum absolute atomic E-state index is 0.227. The third-order valence-corrected chi connectivity index (χ3v) is 4.22. The average Bonchev–Trinajstić information content (AvgIpc) is 3.03. The van der Waals surface area contributed by atoms with Crippen LogP contribution in [-0.4, -0.2) is 34.4 Å². The fraction of sp³-hybridized carbons (Fsp3) is 0.333. The summed E-state index contributed by atoms with van der Waals surface area (Å²) >= 11 is 0. The van der Waals surface area contributed by atoms with Crippen LogP contribution in [0.25, 0.3) is 0 Å². The van der Waals surface area contributed by atoms with Gasteiger partial charge in [0.15, 0.2) is 0 Å². The van der Waals surface area contributed by atoms with E-state index in [1.807, 2.05) is 56.4 Å².